The summed E-state index contributed by atoms with van der Waals surface area (Å²) < 4.78 is 13.8. The van der Waals surface area contributed by atoms with Crippen LogP contribution in [-0.4, -0.2) is 11.1 Å². The number of allylic oxidation sites excluding steroid dienone is 1. The van der Waals surface area contributed by atoms with E-state index < -0.39 is 11.9 Å². The zero-order valence-corrected chi connectivity index (χ0v) is 12.3. The maximum atomic E-state index is 13.8. The van der Waals surface area contributed by atoms with E-state index in [2.05, 4.69) is 0 Å². The van der Waals surface area contributed by atoms with Gasteiger partial charge in [-0.1, -0.05) is 48.5 Å². The largest absolute Gasteiger partial charge is 0.481 e. The van der Waals surface area contributed by atoms with Crippen molar-refractivity contribution < 1.29 is 14.3 Å². The van der Waals surface area contributed by atoms with Crippen molar-refractivity contribution in [1.82, 2.24) is 0 Å². The van der Waals surface area contributed by atoms with Crippen molar-refractivity contribution in [3.05, 3.63) is 77.1 Å². The van der Waals surface area contributed by atoms with Gasteiger partial charge in [-0.05, 0) is 41.7 Å². The lowest BCUT2D eigenvalue weighted by Gasteiger charge is -2.19. The number of hydrogen-bond donors (Lipinski definition) is 1. The third-order valence-electron chi connectivity index (χ3n) is 4.39. The molecule has 2 aromatic rings. The Labute approximate surface area is 128 Å². The molecule has 0 saturated carbocycles. The second-order valence-electron chi connectivity index (χ2n) is 5.69. The SMILES string of the molecule is Cc1c(F)cccc1C1CC(c2ccccc2)=CC1C(=O)O. The van der Waals surface area contributed by atoms with Crippen molar-refractivity contribution in [3.63, 3.8) is 0 Å². The average Bonchev–Trinajstić information content (AvgIpc) is 2.96. The number of rotatable bonds is 3. The Morgan fingerprint density at radius 1 is 1.14 bits per heavy atom. The Balaban J connectivity index is 2.00. The monoisotopic (exact) mass is 296 g/mol. The zero-order chi connectivity index (χ0) is 15.7. The minimum Gasteiger partial charge on any atom is -0.481 e. The quantitative estimate of drug-likeness (QED) is 0.911. The molecule has 2 nitrogen and oxygen atoms in total. The second-order valence-corrected chi connectivity index (χ2v) is 5.69. The highest BCUT2D eigenvalue weighted by molar-refractivity contribution is 5.82. The lowest BCUT2D eigenvalue weighted by atomic mass is 9.85. The number of halogens is 1. The van der Waals surface area contributed by atoms with Crippen molar-refractivity contribution in [3.8, 4) is 0 Å². The fourth-order valence-electron chi connectivity index (χ4n) is 3.20. The molecule has 0 saturated heterocycles. The van der Waals surface area contributed by atoms with Crippen LogP contribution in [-0.2, 0) is 4.79 Å². The van der Waals surface area contributed by atoms with Gasteiger partial charge in [0, 0.05) is 5.92 Å². The molecular weight excluding hydrogens is 279 g/mol. The first-order valence-corrected chi connectivity index (χ1v) is 7.32. The van der Waals surface area contributed by atoms with E-state index in [1.54, 1.807) is 13.0 Å². The van der Waals surface area contributed by atoms with Gasteiger partial charge >= 0.3 is 5.97 Å². The summed E-state index contributed by atoms with van der Waals surface area (Å²) >= 11 is 0. The fraction of sp³-hybridized carbons (Fsp3) is 0.211. The number of benzene rings is 2. The normalized spacial score (nSPS) is 20.7. The van der Waals surface area contributed by atoms with Gasteiger partial charge < -0.3 is 5.11 Å². The van der Waals surface area contributed by atoms with Gasteiger partial charge in [-0.15, -0.1) is 0 Å². The summed E-state index contributed by atoms with van der Waals surface area (Å²) in [5.41, 5.74) is 3.38. The van der Waals surface area contributed by atoms with Crippen LogP contribution in [0, 0.1) is 18.7 Å². The molecule has 2 atom stereocenters. The van der Waals surface area contributed by atoms with Gasteiger partial charge in [0.05, 0.1) is 5.92 Å². The summed E-state index contributed by atoms with van der Waals surface area (Å²) in [6, 6.07) is 14.7. The lowest BCUT2D eigenvalue weighted by Crippen LogP contribution is -2.17. The number of carboxylic acids is 1. The van der Waals surface area contributed by atoms with E-state index in [9.17, 15) is 14.3 Å². The van der Waals surface area contributed by atoms with Crippen molar-refractivity contribution in [2.75, 3.05) is 0 Å². The van der Waals surface area contributed by atoms with Crippen LogP contribution in [0.4, 0.5) is 4.39 Å². The van der Waals surface area contributed by atoms with Crippen molar-refractivity contribution in [2.24, 2.45) is 5.92 Å². The molecule has 0 fully saturated rings. The molecule has 0 spiro atoms. The van der Waals surface area contributed by atoms with Gasteiger partial charge in [-0.2, -0.15) is 0 Å². The van der Waals surface area contributed by atoms with Crippen LogP contribution in [0.25, 0.3) is 5.57 Å². The molecule has 3 heteroatoms. The lowest BCUT2D eigenvalue weighted by molar-refractivity contribution is -0.140. The molecule has 0 bridgehead atoms. The summed E-state index contributed by atoms with van der Waals surface area (Å²) in [4.78, 5) is 11.6. The Morgan fingerprint density at radius 3 is 2.55 bits per heavy atom. The Bertz CT molecular complexity index is 734. The molecule has 3 rings (SSSR count). The van der Waals surface area contributed by atoms with E-state index in [1.807, 2.05) is 42.5 Å². The van der Waals surface area contributed by atoms with E-state index in [1.165, 1.54) is 6.07 Å². The Kier molecular flexibility index (Phi) is 3.80. The third-order valence-corrected chi connectivity index (χ3v) is 4.39. The van der Waals surface area contributed by atoms with Crippen molar-refractivity contribution >= 4 is 11.5 Å². The molecule has 1 aliphatic carbocycles. The molecule has 0 heterocycles. The van der Waals surface area contributed by atoms with Gasteiger partial charge in [0.2, 0.25) is 0 Å². The first kappa shape index (κ1) is 14.5. The molecule has 2 aromatic carbocycles. The van der Waals surface area contributed by atoms with Crippen molar-refractivity contribution in [1.29, 1.82) is 0 Å². The van der Waals surface area contributed by atoms with Crippen LogP contribution >= 0.6 is 0 Å². The molecular formula is C19H17FO2. The number of aliphatic carboxylic acids is 1. The second kappa shape index (κ2) is 5.76. The van der Waals surface area contributed by atoms with Gasteiger partial charge in [0.25, 0.3) is 0 Å². The third kappa shape index (κ3) is 2.54. The minimum absolute atomic E-state index is 0.219. The van der Waals surface area contributed by atoms with E-state index >= 15 is 0 Å². The first-order valence-electron chi connectivity index (χ1n) is 7.32. The van der Waals surface area contributed by atoms with E-state index in [4.69, 9.17) is 0 Å². The molecule has 0 aliphatic heterocycles. The summed E-state index contributed by atoms with van der Waals surface area (Å²) in [6.07, 6.45) is 2.43. The highest BCUT2D eigenvalue weighted by Gasteiger charge is 2.35. The molecule has 1 N–H and O–H groups in total. The van der Waals surface area contributed by atoms with E-state index in [0.29, 0.717) is 12.0 Å². The predicted octanol–water partition coefficient (Wildman–Crippen LogP) is 4.41. The van der Waals surface area contributed by atoms with Crippen LogP contribution < -0.4 is 0 Å². The molecule has 0 radical (unpaired) electrons. The van der Waals surface area contributed by atoms with E-state index in [-0.39, 0.29) is 11.7 Å². The van der Waals surface area contributed by atoms with Gasteiger partial charge in [0.15, 0.2) is 0 Å². The highest BCUT2D eigenvalue weighted by Crippen LogP contribution is 2.44. The number of carbonyl (C=O) groups is 1. The standard InChI is InChI=1S/C19H17FO2/c1-12-15(8-5-9-18(12)20)16-10-14(11-17(16)19(21)22)13-6-3-2-4-7-13/h2-9,11,16-17H,10H2,1H3,(H,21,22). The van der Waals surface area contributed by atoms with Crippen LogP contribution in [0.1, 0.15) is 29.0 Å². The van der Waals surface area contributed by atoms with Gasteiger partial charge in [0.1, 0.15) is 5.82 Å². The molecule has 112 valence electrons. The summed E-state index contributed by atoms with van der Waals surface area (Å²) in [6.45, 7) is 1.71. The maximum Gasteiger partial charge on any atom is 0.311 e. The Morgan fingerprint density at radius 2 is 1.86 bits per heavy atom. The first-order chi connectivity index (χ1) is 10.6. The fourth-order valence-corrected chi connectivity index (χ4v) is 3.20. The highest BCUT2D eigenvalue weighted by atomic mass is 19.1. The summed E-state index contributed by atoms with van der Waals surface area (Å²) in [7, 11) is 0. The predicted molar refractivity (Wildman–Crippen MR) is 84.0 cm³/mol. The minimum atomic E-state index is -0.861. The molecule has 2 unspecified atom stereocenters. The maximum absolute atomic E-state index is 13.8. The van der Waals surface area contributed by atoms with Gasteiger partial charge in [-0.3, -0.25) is 4.79 Å². The molecule has 22 heavy (non-hydrogen) atoms. The zero-order valence-electron chi connectivity index (χ0n) is 12.3. The number of carboxylic acid groups (broad SMARTS) is 1. The van der Waals surface area contributed by atoms with Gasteiger partial charge in [-0.25, -0.2) is 4.39 Å². The van der Waals surface area contributed by atoms with Crippen LogP contribution in [0.15, 0.2) is 54.6 Å². The van der Waals surface area contributed by atoms with Crippen LogP contribution in [0.3, 0.4) is 0 Å². The molecule has 0 aromatic heterocycles. The Hall–Kier alpha value is -2.42. The number of hydrogen-bond acceptors (Lipinski definition) is 1. The van der Waals surface area contributed by atoms with Crippen LogP contribution in [0.5, 0.6) is 0 Å². The van der Waals surface area contributed by atoms with E-state index in [0.717, 1.165) is 16.7 Å². The van der Waals surface area contributed by atoms with Crippen molar-refractivity contribution in [2.45, 2.75) is 19.3 Å². The summed E-state index contributed by atoms with van der Waals surface area (Å²) in [5, 5.41) is 9.53. The topological polar surface area (TPSA) is 37.3 Å². The average molecular weight is 296 g/mol. The molecule has 0 amide bonds. The smallest absolute Gasteiger partial charge is 0.311 e. The van der Waals surface area contributed by atoms with Crippen LogP contribution in [0.2, 0.25) is 0 Å². The summed E-state index contributed by atoms with van der Waals surface area (Å²) in [5.74, 6) is -1.98. The molecule has 1 aliphatic rings.